The highest BCUT2D eigenvalue weighted by Gasteiger charge is 2.16. The molecule has 0 heterocycles. The van der Waals surface area contributed by atoms with E-state index in [1.807, 2.05) is 31.2 Å². The quantitative estimate of drug-likeness (QED) is 0.762. The van der Waals surface area contributed by atoms with Crippen molar-refractivity contribution in [1.82, 2.24) is 5.32 Å². The minimum atomic E-state index is -0.657. The molecule has 0 aliphatic carbocycles. The third-order valence-electron chi connectivity index (χ3n) is 3.64. The summed E-state index contributed by atoms with van der Waals surface area (Å²) in [4.78, 5) is 24.4. The lowest BCUT2D eigenvalue weighted by molar-refractivity contribution is -0.117. The third kappa shape index (κ3) is 4.93. The zero-order valence-corrected chi connectivity index (χ0v) is 13.9. The number of anilines is 1. The van der Waals surface area contributed by atoms with Crippen LogP contribution in [0.3, 0.4) is 0 Å². The number of aryl methyl sites for hydroxylation is 1. The van der Waals surface area contributed by atoms with Crippen molar-refractivity contribution in [3.05, 3.63) is 65.2 Å². The highest BCUT2D eigenvalue weighted by molar-refractivity contribution is 6.01. The van der Waals surface area contributed by atoms with E-state index in [4.69, 9.17) is 5.11 Å². The van der Waals surface area contributed by atoms with E-state index in [9.17, 15) is 9.59 Å². The summed E-state index contributed by atoms with van der Waals surface area (Å²) in [7, 11) is 0. The fourth-order valence-corrected chi connectivity index (χ4v) is 2.27. The van der Waals surface area contributed by atoms with Gasteiger partial charge in [-0.1, -0.05) is 29.8 Å². The average Bonchev–Trinajstić information content (AvgIpc) is 2.56. The van der Waals surface area contributed by atoms with Crippen LogP contribution in [0, 0.1) is 6.92 Å². The fraction of sp³-hybridized carbons (Fsp3) is 0.263. The number of nitrogens with one attached hydrogen (secondary N) is 2. The molecule has 0 fully saturated rings. The number of aliphatic hydroxyl groups is 1. The Morgan fingerprint density at radius 2 is 1.83 bits per heavy atom. The van der Waals surface area contributed by atoms with Gasteiger partial charge in [0.25, 0.3) is 5.91 Å². The van der Waals surface area contributed by atoms with Crippen LogP contribution < -0.4 is 10.6 Å². The van der Waals surface area contributed by atoms with Crippen LogP contribution in [-0.4, -0.2) is 29.6 Å². The zero-order valence-electron chi connectivity index (χ0n) is 13.9. The molecule has 5 heteroatoms. The standard InChI is InChI=1S/C19H22N2O3/c1-13-4-3-5-16(12-13)19(24)20-14(2)18(23)21-17-8-6-15(7-9-17)10-11-22/h3-9,12,14,22H,10-11H2,1-2H3,(H,20,24)(H,21,23)/t14-/m1/s1. The second kappa shape index (κ2) is 8.26. The maximum absolute atomic E-state index is 12.2. The summed E-state index contributed by atoms with van der Waals surface area (Å²) in [6.07, 6.45) is 0.581. The molecular formula is C19H22N2O3. The van der Waals surface area contributed by atoms with E-state index in [0.717, 1.165) is 11.1 Å². The fourth-order valence-electron chi connectivity index (χ4n) is 2.27. The van der Waals surface area contributed by atoms with Crippen LogP contribution in [-0.2, 0) is 11.2 Å². The lowest BCUT2D eigenvalue weighted by Gasteiger charge is -2.14. The molecule has 0 unspecified atom stereocenters. The molecule has 0 aliphatic heterocycles. The number of amides is 2. The minimum absolute atomic E-state index is 0.0910. The topological polar surface area (TPSA) is 78.4 Å². The Balaban J connectivity index is 1.93. The maximum atomic E-state index is 12.2. The molecule has 0 radical (unpaired) electrons. The Morgan fingerprint density at radius 3 is 2.46 bits per heavy atom. The molecule has 2 aromatic carbocycles. The minimum Gasteiger partial charge on any atom is -0.396 e. The first-order chi connectivity index (χ1) is 11.5. The van der Waals surface area contributed by atoms with Crippen molar-refractivity contribution in [1.29, 1.82) is 0 Å². The summed E-state index contributed by atoms with van der Waals surface area (Å²) in [5.74, 6) is -0.564. The second-order valence-electron chi connectivity index (χ2n) is 5.72. The third-order valence-corrected chi connectivity index (χ3v) is 3.64. The van der Waals surface area contributed by atoms with Crippen LogP contribution in [0.25, 0.3) is 0 Å². The highest BCUT2D eigenvalue weighted by atomic mass is 16.3. The Bertz CT molecular complexity index is 711. The molecule has 0 spiro atoms. The Kier molecular flexibility index (Phi) is 6.09. The van der Waals surface area contributed by atoms with Gasteiger partial charge in [0.1, 0.15) is 6.04 Å². The average molecular weight is 326 g/mol. The molecule has 0 aliphatic rings. The SMILES string of the molecule is Cc1cccc(C(=O)N[C@H](C)C(=O)Nc2ccc(CCO)cc2)c1. The van der Waals surface area contributed by atoms with E-state index < -0.39 is 6.04 Å². The van der Waals surface area contributed by atoms with Gasteiger partial charge in [-0.15, -0.1) is 0 Å². The van der Waals surface area contributed by atoms with E-state index >= 15 is 0 Å². The number of carbonyl (C=O) groups excluding carboxylic acids is 2. The Hall–Kier alpha value is -2.66. The normalized spacial score (nSPS) is 11.6. The lowest BCUT2D eigenvalue weighted by atomic mass is 10.1. The number of rotatable bonds is 6. The summed E-state index contributed by atoms with van der Waals surface area (Å²) in [6.45, 7) is 3.64. The van der Waals surface area contributed by atoms with Crippen LogP contribution >= 0.6 is 0 Å². The summed E-state index contributed by atoms with van der Waals surface area (Å²) >= 11 is 0. The zero-order chi connectivity index (χ0) is 17.5. The van der Waals surface area contributed by atoms with Crippen LogP contribution in [0.15, 0.2) is 48.5 Å². The monoisotopic (exact) mass is 326 g/mol. The predicted octanol–water partition coefficient (Wildman–Crippen LogP) is 2.29. The largest absolute Gasteiger partial charge is 0.396 e. The van der Waals surface area contributed by atoms with Gasteiger partial charge in [-0.3, -0.25) is 9.59 Å². The van der Waals surface area contributed by atoms with Crippen LogP contribution in [0.5, 0.6) is 0 Å². The van der Waals surface area contributed by atoms with Gasteiger partial charge >= 0.3 is 0 Å². The molecular weight excluding hydrogens is 304 g/mol. The smallest absolute Gasteiger partial charge is 0.251 e. The van der Waals surface area contributed by atoms with E-state index in [1.165, 1.54) is 0 Å². The van der Waals surface area contributed by atoms with E-state index in [-0.39, 0.29) is 18.4 Å². The highest BCUT2D eigenvalue weighted by Crippen LogP contribution is 2.10. The maximum Gasteiger partial charge on any atom is 0.251 e. The van der Waals surface area contributed by atoms with Crippen molar-refractivity contribution in [2.24, 2.45) is 0 Å². The number of hydrogen-bond acceptors (Lipinski definition) is 3. The molecule has 2 aromatic rings. The summed E-state index contributed by atoms with van der Waals surface area (Å²) in [5, 5.41) is 14.3. The predicted molar refractivity (Wildman–Crippen MR) is 94.0 cm³/mol. The molecule has 5 nitrogen and oxygen atoms in total. The van der Waals surface area contributed by atoms with Crippen LogP contribution in [0.4, 0.5) is 5.69 Å². The van der Waals surface area contributed by atoms with Crippen LogP contribution in [0.2, 0.25) is 0 Å². The molecule has 1 atom stereocenters. The second-order valence-corrected chi connectivity index (χ2v) is 5.72. The summed E-state index contributed by atoms with van der Waals surface area (Å²) in [6, 6.07) is 13.8. The molecule has 0 bridgehead atoms. The molecule has 0 aromatic heterocycles. The van der Waals surface area contributed by atoms with Crippen molar-refractivity contribution in [3.63, 3.8) is 0 Å². The van der Waals surface area contributed by atoms with Gasteiger partial charge in [0, 0.05) is 17.9 Å². The number of hydrogen-bond donors (Lipinski definition) is 3. The number of benzene rings is 2. The first-order valence-electron chi connectivity index (χ1n) is 7.88. The van der Waals surface area contributed by atoms with Crippen molar-refractivity contribution < 1.29 is 14.7 Å². The Labute approximate surface area is 141 Å². The van der Waals surface area contributed by atoms with Gasteiger partial charge in [-0.05, 0) is 50.1 Å². The number of aliphatic hydroxyl groups excluding tert-OH is 1. The molecule has 2 rings (SSSR count). The van der Waals surface area contributed by atoms with Crippen LogP contribution in [0.1, 0.15) is 28.4 Å². The molecule has 126 valence electrons. The van der Waals surface area contributed by atoms with Gasteiger partial charge in [0.15, 0.2) is 0 Å². The van der Waals surface area contributed by atoms with E-state index in [1.54, 1.807) is 31.2 Å². The first-order valence-corrected chi connectivity index (χ1v) is 7.88. The first kappa shape index (κ1) is 17.7. The summed E-state index contributed by atoms with van der Waals surface area (Å²) in [5.41, 5.74) is 3.17. The Morgan fingerprint density at radius 1 is 1.12 bits per heavy atom. The van der Waals surface area contributed by atoms with Crippen molar-refractivity contribution in [2.75, 3.05) is 11.9 Å². The van der Waals surface area contributed by atoms with Gasteiger partial charge < -0.3 is 15.7 Å². The van der Waals surface area contributed by atoms with Gasteiger partial charge in [-0.2, -0.15) is 0 Å². The van der Waals surface area contributed by atoms with E-state index in [2.05, 4.69) is 10.6 Å². The molecule has 24 heavy (non-hydrogen) atoms. The molecule has 0 saturated heterocycles. The van der Waals surface area contributed by atoms with Gasteiger partial charge in [0.05, 0.1) is 0 Å². The van der Waals surface area contributed by atoms with Crippen molar-refractivity contribution >= 4 is 17.5 Å². The van der Waals surface area contributed by atoms with Crippen molar-refractivity contribution in [2.45, 2.75) is 26.3 Å². The van der Waals surface area contributed by atoms with Gasteiger partial charge in [0.2, 0.25) is 5.91 Å². The number of carbonyl (C=O) groups is 2. The van der Waals surface area contributed by atoms with Crippen molar-refractivity contribution in [3.8, 4) is 0 Å². The molecule has 2 amide bonds. The lowest BCUT2D eigenvalue weighted by Crippen LogP contribution is -2.41. The summed E-state index contributed by atoms with van der Waals surface area (Å²) < 4.78 is 0. The van der Waals surface area contributed by atoms with E-state index in [0.29, 0.717) is 17.7 Å². The molecule has 0 saturated carbocycles. The van der Waals surface area contributed by atoms with Gasteiger partial charge in [-0.25, -0.2) is 0 Å². The molecule has 3 N–H and O–H groups in total.